The molecule has 7 heteroatoms. The van der Waals surface area contributed by atoms with E-state index in [2.05, 4.69) is 21.6 Å². The molecule has 0 bridgehead atoms. The van der Waals surface area contributed by atoms with E-state index < -0.39 is 21.9 Å². The van der Waals surface area contributed by atoms with Gasteiger partial charge in [-0.2, -0.15) is 8.78 Å². The molecule has 0 fully saturated rings. The lowest BCUT2D eigenvalue weighted by atomic mass is 10.2. The molecule has 0 spiro atoms. The van der Waals surface area contributed by atoms with Crippen molar-refractivity contribution < 1.29 is 13.6 Å². The highest BCUT2D eigenvalue weighted by atomic mass is 35.5. The summed E-state index contributed by atoms with van der Waals surface area (Å²) in [4.78, 5) is 17.2. The Hall–Kier alpha value is -0.810. The summed E-state index contributed by atoms with van der Waals surface area (Å²) in [7, 11) is 0. The molecule has 0 aromatic carbocycles. The number of hydrogen-bond acceptors (Lipinski definition) is 3. The average Bonchev–Trinajstić information content (AvgIpc) is 2.03. The predicted molar refractivity (Wildman–Crippen MR) is 42.0 cm³/mol. The fourth-order valence-corrected chi connectivity index (χ4v) is 0.988. The van der Waals surface area contributed by atoms with Crippen molar-refractivity contribution in [2.24, 2.45) is 0 Å². The van der Waals surface area contributed by atoms with Crippen LogP contribution in [0, 0.1) is 0 Å². The number of aromatic nitrogens is 2. The van der Waals surface area contributed by atoms with E-state index in [-0.39, 0.29) is 0 Å². The Kier molecular flexibility index (Phi) is 2.77. The Morgan fingerprint density at radius 1 is 1.54 bits per heavy atom. The molecule has 0 atom stereocenters. The predicted octanol–water partition coefficient (Wildman–Crippen LogP) is 2.14. The monoisotopic (exact) mass is 226 g/mol. The van der Waals surface area contributed by atoms with Gasteiger partial charge in [0.2, 0.25) is 0 Å². The van der Waals surface area contributed by atoms with Gasteiger partial charge in [0, 0.05) is 6.20 Å². The lowest BCUT2D eigenvalue weighted by Crippen LogP contribution is -2.12. The van der Waals surface area contributed by atoms with Gasteiger partial charge in [-0.05, 0) is 23.2 Å². The van der Waals surface area contributed by atoms with Crippen molar-refractivity contribution in [2.45, 2.75) is 5.38 Å². The van der Waals surface area contributed by atoms with Crippen LogP contribution in [0.25, 0.3) is 0 Å². The van der Waals surface area contributed by atoms with E-state index in [0.717, 1.165) is 12.5 Å². The van der Waals surface area contributed by atoms with Crippen molar-refractivity contribution in [1.82, 2.24) is 9.97 Å². The zero-order valence-electron chi connectivity index (χ0n) is 5.97. The van der Waals surface area contributed by atoms with Crippen molar-refractivity contribution >= 4 is 28.4 Å². The van der Waals surface area contributed by atoms with Gasteiger partial charge < -0.3 is 0 Å². The maximum absolute atomic E-state index is 12.5. The van der Waals surface area contributed by atoms with E-state index in [1.807, 2.05) is 0 Å². The van der Waals surface area contributed by atoms with Crippen molar-refractivity contribution in [1.29, 1.82) is 0 Å². The highest BCUT2D eigenvalue weighted by Gasteiger charge is 2.34. The average molecular weight is 227 g/mol. The molecular formula is C6H2Cl2F2N2O. The third-order valence-corrected chi connectivity index (χ3v) is 1.58. The lowest BCUT2D eigenvalue weighted by molar-refractivity contribution is 0.0861. The minimum absolute atomic E-state index is 0.496. The van der Waals surface area contributed by atoms with Gasteiger partial charge >= 0.3 is 5.38 Å². The first-order chi connectivity index (χ1) is 5.93. The van der Waals surface area contributed by atoms with E-state index >= 15 is 0 Å². The summed E-state index contributed by atoms with van der Waals surface area (Å²) in [6, 6.07) is 0. The first-order valence-corrected chi connectivity index (χ1v) is 3.75. The van der Waals surface area contributed by atoms with Gasteiger partial charge in [-0.25, -0.2) is 9.97 Å². The summed E-state index contributed by atoms with van der Waals surface area (Å²) < 4.78 is 25.1. The molecule has 0 amide bonds. The first-order valence-electron chi connectivity index (χ1n) is 3.00. The molecule has 1 aromatic rings. The Morgan fingerprint density at radius 3 is 2.54 bits per heavy atom. The van der Waals surface area contributed by atoms with E-state index in [1.54, 1.807) is 0 Å². The van der Waals surface area contributed by atoms with Crippen LogP contribution >= 0.6 is 23.2 Å². The number of rotatable bonds is 2. The standard InChI is InChI=1S/C6H2Cl2F2N2O/c7-5(13)3-1-11-2-12-4(3)6(8,9)10/h1-2H. The molecule has 1 rings (SSSR count). The van der Waals surface area contributed by atoms with E-state index in [4.69, 9.17) is 11.6 Å². The normalized spacial score (nSPS) is 11.4. The van der Waals surface area contributed by atoms with Gasteiger partial charge in [0.1, 0.15) is 12.0 Å². The third-order valence-electron chi connectivity index (χ3n) is 1.19. The van der Waals surface area contributed by atoms with Crippen LogP contribution in [-0.4, -0.2) is 15.2 Å². The van der Waals surface area contributed by atoms with Crippen LogP contribution in [-0.2, 0) is 5.38 Å². The Balaban J connectivity index is 3.28. The molecule has 0 aliphatic carbocycles. The maximum atomic E-state index is 12.5. The fourth-order valence-electron chi connectivity index (χ4n) is 0.699. The molecule has 0 N–H and O–H groups in total. The SMILES string of the molecule is O=C(Cl)c1cncnc1C(F)(F)Cl. The van der Waals surface area contributed by atoms with Gasteiger partial charge in [0.25, 0.3) is 5.24 Å². The minimum atomic E-state index is -3.72. The largest absolute Gasteiger partial charge is 0.365 e. The fraction of sp³-hybridized carbons (Fsp3) is 0.167. The number of hydrogen-bond donors (Lipinski definition) is 0. The molecule has 0 radical (unpaired) electrons. The van der Waals surface area contributed by atoms with Crippen LogP contribution in [0.15, 0.2) is 12.5 Å². The van der Waals surface area contributed by atoms with Crippen LogP contribution in [0.5, 0.6) is 0 Å². The second kappa shape index (κ2) is 3.51. The number of carbonyl (C=O) groups excluding carboxylic acids is 1. The summed E-state index contributed by atoms with van der Waals surface area (Å²) in [5, 5.41) is -4.79. The molecule has 1 aromatic heterocycles. The topological polar surface area (TPSA) is 42.9 Å². The van der Waals surface area contributed by atoms with Gasteiger partial charge in [-0.1, -0.05) is 0 Å². The number of carbonyl (C=O) groups is 1. The van der Waals surface area contributed by atoms with Crippen LogP contribution < -0.4 is 0 Å². The summed E-state index contributed by atoms with van der Waals surface area (Å²) in [5.41, 5.74) is -1.38. The molecule has 70 valence electrons. The molecule has 0 unspecified atom stereocenters. The van der Waals surface area contributed by atoms with Gasteiger partial charge in [0.15, 0.2) is 0 Å². The first kappa shape index (κ1) is 10.3. The molecule has 0 saturated carbocycles. The Morgan fingerprint density at radius 2 is 2.15 bits per heavy atom. The number of halogens is 4. The lowest BCUT2D eigenvalue weighted by Gasteiger charge is -2.08. The third kappa shape index (κ3) is 2.32. The zero-order chi connectivity index (χ0) is 10.1. The minimum Gasteiger partial charge on any atom is -0.275 e. The van der Waals surface area contributed by atoms with Crippen LogP contribution in [0.3, 0.4) is 0 Å². The van der Waals surface area contributed by atoms with Gasteiger partial charge in [-0.15, -0.1) is 0 Å². The smallest absolute Gasteiger partial charge is 0.275 e. The van der Waals surface area contributed by atoms with Crippen molar-refractivity contribution in [3.05, 3.63) is 23.8 Å². The second-order valence-electron chi connectivity index (χ2n) is 2.06. The van der Waals surface area contributed by atoms with Crippen molar-refractivity contribution in [2.75, 3.05) is 0 Å². The summed E-state index contributed by atoms with van der Waals surface area (Å²) in [6.45, 7) is 0. The number of alkyl halides is 3. The van der Waals surface area contributed by atoms with Crippen LogP contribution in [0.2, 0.25) is 0 Å². The molecule has 0 aliphatic rings. The Labute approximate surface area is 81.7 Å². The highest BCUT2D eigenvalue weighted by Crippen LogP contribution is 2.32. The molecule has 0 aliphatic heterocycles. The van der Waals surface area contributed by atoms with Gasteiger partial charge in [-0.3, -0.25) is 4.79 Å². The van der Waals surface area contributed by atoms with E-state index in [0.29, 0.717) is 0 Å². The molecule has 3 nitrogen and oxygen atoms in total. The van der Waals surface area contributed by atoms with Crippen LogP contribution in [0.4, 0.5) is 8.78 Å². The van der Waals surface area contributed by atoms with Crippen molar-refractivity contribution in [3.63, 3.8) is 0 Å². The van der Waals surface area contributed by atoms with E-state index in [9.17, 15) is 13.6 Å². The summed E-state index contributed by atoms with van der Waals surface area (Å²) in [5.74, 6) is 0. The number of nitrogens with zero attached hydrogens (tertiary/aromatic N) is 2. The second-order valence-corrected chi connectivity index (χ2v) is 2.87. The van der Waals surface area contributed by atoms with Crippen molar-refractivity contribution in [3.8, 4) is 0 Å². The zero-order valence-corrected chi connectivity index (χ0v) is 7.48. The molecule has 13 heavy (non-hydrogen) atoms. The van der Waals surface area contributed by atoms with Gasteiger partial charge in [0.05, 0.1) is 5.56 Å². The summed E-state index contributed by atoms with van der Waals surface area (Å²) >= 11 is 9.68. The maximum Gasteiger partial charge on any atom is 0.365 e. The quantitative estimate of drug-likeness (QED) is 0.574. The highest BCUT2D eigenvalue weighted by molar-refractivity contribution is 6.67. The van der Waals surface area contributed by atoms with Crippen LogP contribution in [0.1, 0.15) is 16.1 Å². The van der Waals surface area contributed by atoms with E-state index in [1.165, 1.54) is 0 Å². The Bertz CT molecular complexity index is 340. The molecular weight excluding hydrogens is 225 g/mol. The molecule has 1 heterocycles. The molecule has 0 saturated heterocycles. The summed E-state index contributed by atoms with van der Waals surface area (Å²) in [6.07, 6.45) is 1.74.